The maximum Gasteiger partial charge on any atom is 0.419 e. The number of ether oxygens (including phenoxy) is 2. The highest BCUT2D eigenvalue weighted by atomic mass is 19.4. The number of benzene rings is 1. The summed E-state index contributed by atoms with van der Waals surface area (Å²) < 4.78 is 49.4. The quantitative estimate of drug-likeness (QED) is 0.817. The Bertz CT molecular complexity index is 587. The lowest BCUT2D eigenvalue weighted by atomic mass is 9.79. The Balaban J connectivity index is 1.95. The summed E-state index contributed by atoms with van der Waals surface area (Å²) in [5.74, 6) is -0.464. The van der Waals surface area contributed by atoms with Crippen LogP contribution in [0.5, 0.6) is 5.75 Å². The normalized spacial score (nSPS) is 18.4. The van der Waals surface area contributed by atoms with Crippen LogP contribution in [0.3, 0.4) is 0 Å². The molecule has 3 N–H and O–H groups in total. The van der Waals surface area contributed by atoms with Gasteiger partial charge < -0.3 is 20.5 Å². The van der Waals surface area contributed by atoms with Crippen molar-refractivity contribution in [1.29, 1.82) is 0 Å². The first-order chi connectivity index (χ1) is 11.8. The lowest BCUT2D eigenvalue weighted by molar-refractivity contribution is -0.139. The summed E-state index contributed by atoms with van der Waals surface area (Å²) in [5, 5.41) is 2.79. The molecule has 5 nitrogen and oxygen atoms in total. The predicted octanol–water partition coefficient (Wildman–Crippen LogP) is 2.34. The SMILES string of the molecule is CC(COc1ccccc1C(F)(F)F)NC(=O)C1(CN)CCOCC1. The van der Waals surface area contributed by atoms with Crippen LogP contribution >= 0.6 is 0 Å². The van der Waals surface area contributed by atoms with Crippen molar-refractivity contribution in [3.8, 4) is 5.75 Å². The molecule has 25 heavy (non-hydrogen) atoms. The predicted molar refractivity (Wildman–Crippen MR) is 86.1 cm³/mol. The third-order valence-electron chi connectivity index (χ3n) is 4.38. The molecule has 1 heterocycles. The standard InChI is InChI=1S/C17H23F3N2O3/c1-12(22-15(23)16(11-21)6-8-24-9-7-16)10-25-14-5-3-2-4-13(14)17(18,19)20/h2-5,12H,6-11,21H2,1H3,(H,22,23). The monoisotopic (exact) mass is 360 g/mol. The van der Waals surface area contributed by atoms with Gasteiger partial charge in [0.15, 0.2) is 0 Å². The molecule has 1 aliphatic rings. The maximum absolute atomic E-state index is 12.9. The van der Waals surface area contributed by atoms with Crippen molar-refractivity contribution in [3.63, 3.8) is 0 Å². The molecule has 1 fully saturated rings. The second kappa shape index (κ2) is 8.05. The number of carbonyl (C=O) groups is 1. The van der Waals surface area contributed by atoms with Gasteiger partial charge in [-0.1, -0.05) is 12.1 Å². The molecule has 1 unspecified atom stereocenters. The van der Waals surface area contributed by atoms with E-state index in [1.54, 1.807) is 6.92 Å². The zero-order valence-electron chi connectivity index (χ0n) is 14.1. The van der Waals surface area contributed by atoms with E-state index in [0.29, 0.717) is 26.1 Å². The van der Waals surface area contributed by atoms with Crippen molar-refractivity contribution in [2.24, 2.45) is 11.1 Å². The molecular formula is C17H23F3N2O3. The molecule has 0 aromatic heterocycles. The molecule has 0 spiro atoms. The van der Waals surface area contributed by atoms with Crippen molar-refractivity contribution in [1.82, 2.24) is 5.32 Å². The van der Waals surface area contributed by atoms with Crippen LogP contribution in [-0.2, 0) is 15.7 Å². The van der Waals surface area contributed by atoms with E-state index < -0.39 is 23.2 Å². The summed E-state index contributed by atoms with van der Waals surface area (Å²) >= 11 is 0. The van der Waals surface area contributed by atoms with Gasteiger partial charge in [-0.25, -0.2) is 0 Å². The van der Waals surface area contributed by atoms with E-state index >= 15 is 0 Å². The average Bonchev–Trinajstić information content (AvgIpc) is 2.60. The first-order valence-corrected chi connectivity index (χ1v) is 8.16. The molecule has 140 valence electrons. The summed E-state index contributed by atoms with van der Waals surface area (Å²) in [6.07, 6.45) is -3.44. The van der Waals surface area contributed by atoms with Gasteiger partial charge in [0.2, 0.25) is 5.91 Å². The highest BCUT2D eigenvalue weighted by molar-refractivity contribution is 5.83. The highest BCUT2D eigenvalue weighted by Crippen LogP contribution is 2.36. The first-order valence-electron chi connectivity index (χ1n) is 8.16. The van der Waals surface area contributed by atoms with Crippen LogP contribution in [0.4, 0.5) is 13.2 Å². The Morgan fingerprint density at radius 2 is 2.00 bits per heavy atom. The van der Waals surface area contributed by atoms with Crippen molar-refractivity contribution in [2.45, 2.75) is 32.0 Å². The summed E-state index contributed by atoms with van der Waals surface area (Å²) in [7, 11) is 0. The van der Waals surface area contributed by atoms with Crippen LogP contribution in [0, 0.1) is 5.41 Å². The molecule has 0 radical (unpaired) electrons. The van der Waals surface area contributed by atoms with Gasteiger partial charge in [0, 0.05) is 19.8 Å². The number of hydrogen-bond donors (Lipinski definition) is 2. The van der Waals surface area contributed by atoms with Crippen LogP contribution in [-0.4, -0.2) is 38.3 Å². The minimum absolute atomic E-state index is 0.0734. The molecule has 1 amide bonds. The summed E-state index contributed by atoms with van der Waals surface area (Å²) in [4.78, 5) is 12.5. The second-order valence-electron chi connectivity index (χ2n) is 6.28. The molecule has 1 saturated heterocycles. The van der Waals surface area contributed by atoms with Crippen molar-refractivity contribution in [2.75, 3.05) is 26.4 Å². The van der Waals surface area contributed by atoms with Crippen LogP contribution in [0.2, 0.25) is 0 Å². The minimum atomic E-state index is -4.49. The molecule has 0 bridgehead atoms. The smallest absolute Gasteiger partial charge is 0.419 e. The maximum atomic E-state index is 12.9. The third kappa shape index (κ3) is 4.85. The first kappa shape index (κ1) is 19.5. The molecule has 0 saturated carbocycles. The molecule has 8 heteroatoms. The molecule has 1 atom stereocenters. The Morgan fingerprint density at radius 3 is 2.60 bits per heavy atom. The number of halogens is 3. The van der Waals surface area contributed by atoms with E-state index in [1.165, 1.54) is 18.2 Å². The number of rotatable bonds is 6. The van der Waals surface area contributed by atoms with Crippen LogP contribution in [0.25, 0.3) is 0 Å². The van der Waals surface area contributed by atoms with Gasteiger partial charge in [-0.2, -0.15) is 13.2 Å². The van der Waals surface area contributed by atoms with Gasteiger partial charge in [0.1, 0.15) is 12.4 Å². The fourth-order valence-corrected chi connectivity index (χ4v) is 2.75. The summed E-state index contributed by atoms with van der Waals surface area (Å²) in [5.41, 5.74) is 4.25. The van der Waals surface area contributed by atoms with Crippen molar-refractivity contribution < 1.29 is 27.4 Å². The topological polar surface area (TPSA) is 73.6 Å². The number of carbonyl (C=O) groups excluding carboxylic acids is 1. The number of nitrogens with one attached hydrogen (secondary N) is 1. The fourth-order valence-electron chi connectivity index (χ4n) is 2.75. The van der Waals surface area contributed by atoms with Crippen LogP contribution < -0.4 is 15.8 Å². The number of amides is 1. The van der Waals surface area contributed by atoms with Gasteiger partial charge >= 0.3 is 6.18 Å². The van der Waals surface area contributed by atoms with E-state index in [-0.39, 0.29) is 24.8 Å². The molecule has 0 aliphatic carbocycles. The Morgan fingerprint density at radius 1 is 1.36 bits per heavy atom. The second-order valence-corrected chi connectivity index (χ2v) is 6.28. The Hall–Kier alpha value is -1.80. The van der Waals surface area contributed by atoms with E-state index in [1.807, 2.05) is 0 Å². The van der Waals surface area contributed by atoms with Gasteiger partial charge in [0.25, 0.3) is 0 Å². The summed E-state index contributed by atoms with van der Waals surface area (Å²) in [6.45, 7) is 2.74. The van der Waals surface area contributed by atoms with Gasteiger partial charge in [0.05, 0.1) is 17.0 Å². The highest BCUT2D eigenvalue weighted by Gasteiger charge is 2.39. The average molecular weight is 360 g/mol. The van der Waals surface area contributed by atoms with Crippen LogP contribution in [0.1, 0.15) is 25.3 Å². The van der Waals surface area contributed by atoms with E-state index in [9.17, 15) is 18.0 Å². The van der Waals surface area contributed by atoms with E-state index in [0.717, 1.165) is 6.07 Å². The molecular weight excluding hydrogens is 337 g/mol. The third-order valence-corrected chi connectivity index (χ3v) is 4.38. The molecule has 1 aromatic carbocycles. The van der Waals surface area contributed by atoms with Crippen molar-refractivity contribution >= 4 is 5.91 Å². The summed E-state index contributed by atoms with van der Waals surface area (Å²) in [6, 6.07) is 4.54. The number of hydrogen-bond acceptors (Lipinski definition) is 4. The number of para-hydroxylation sites is 1. The van der Waals surface area contributed by atoms with Gasteiger partial charge in [-0.05, 0) is 31.9 Å². The number of nitrogens with two attached hydrogens (primary N) is 1. The zero-order valence-corrected chi connectivity index (χ0v) is 14.1. The van der Waals surface area contributed by atoms with Crippen LogP contribution in [0.15, 0.2) is 24.3 Å². The minimum Gasteiger partial charge on any atom is -0.491 e. The van der Waals surface area contributed by atoms with Gasteiger partial charge in [-0.3, -0.25) is 4.79 Å². The largest absolute Gasteiger partial charge is 0.491 e. The van der Waals surface area contributed by atoms with E-state index in [2.05, 4.69) is 5.32 Å². The zero-order chi connectivity index (χ0) is 18.5. The van der Waals surface area contributed by atoms with Gasteiger partial charge in [-0.15, -0.1) is 0 Å². The molecule has 2 rings (SSSR count). The Kier molecular flexibility index (Phi) is 6.29. The van der Waals surface area contributed by atoms with Crippen molar-refractivity contribution in [3.05, 3.63) is 29.8 Å². The fraction of sp³-hybridized carbons (Fsp3) is 0.588. The molecule has 1 aromatic rings. The number of alkyl halides is 3. The Labute approximate surface area is 144 Å². The lowest BCUT2D eigenvalue weighted by Gasteiger charge is -2.35. The van der Waals surface area contributed by atoms with E-state index in [4.69, 9.17) is 15.2 Å². The molecule has 1 aliphatic heterocycles. The lowest BCUT2D eigenvalue weighted by Crippen LogP contribution is -2.52.